The normalized spacial score (nSPS) is 16.4. The lowest BCUT2D eigenvalue weighted by Crippen LogP contribution is -2.28. The van der Waals surface area contributed by atoms with Gasteiger partial charge >= 0.3 is 5.69 Å². The molecule has 2 aromatic rings. The fourth-order valence-corrected chi connectivity index (χ4v) is 2.87. The van der Waals surface area contributed by atoms with E-state index in [1.54, 1.807) is 22.4 Å². The second kappa shape index (κ2) is 5.67. The summed E-state index contributed by atoms with van der Waals surface area (Å²) in [6.45, 7) is 2.28. The highest BCUT2D eigenvalue weighted by Gasteiger charge is 2.13. The van der Waals surface area contributed by atoms with Crippen LogP contribution in [0.15, 0.2) is 41.5 Å². The quantitative estimate of drug-likeness (QED) is 0.923. The van der Waals surface area contributed by atoms with Crippen molar-refractivity contribution < 1.29 is 0 Å². The maximum atomic E-state index is 11.9. The Bertz CT molecular complexity index is 618. The van der Waals surface area contributed by atoms with Gasteiger partial charge in [-0.2, -0.15) is 0 Å². The Hall–Kier alpha value is -1.81. The Morgan fingerprint density at radius 1 is 1.15 bits per heavy atom. The predicted molar refractivity (Wildman–Crippen MR) is 80.3 cm³/mol. The monoisotopic (exact) mass is 271 g/mol. The number of nitrogens with zero attached hydrogens (tertiary/aromatic N) is 2. The van der Waals surface area contributed by atoms with Crippen molar-refractivity contribution in [1.29, 1.82) is 0 Å². The van der Waals surface area contributed by atoms with Crippen molar-refractivity contribution >= 4 is 0 Å². The van der Waals surface area contributed by atoms with Crippen LogP contribution in [0.4, 0.5) is 0 Å². The molecule has 1 aromatic carbocycles. The summed E-state index contributed by atoms with van der Waals surface area (Å²) in [6, 6.07) is 8.38. The minimum absolute atomic E-state index is 0.00361. The van der Waals surface area contributed by atoms with E-state index < -0.39 is 0 Å². The zero-order chi connectivity index (χ0) is 13.9. The van der Waals surface area contributed by atoms with Crippen molar-refractivity contribution in [3.63, 3.8) is 0 Å². The average molecular weight is 271 g/mol. The van der Waals surface area contributed by atoms with Gasteiger partial charge in [-0.05, 0) is 56.0 Å². The number of hydrogen-bond donors (Lipinski definition) is 1. The van der Waals surface area contributed by atoms with Gasteiger partial charge < -0.3 is 9.88 Å². The molecule has 106 valence electrons. The van der Waals surface area contributed by atoms with Crippen molar-refractivity contribution in [2.45, 2.75) is 19.3 Å². The van der Waals surface area contributed by atoms with E-state index in [4.69, 9.17) is 0 Å². The summed E-state index contributed by atoms with van der Waals surface area (Å²) < 4.78 is 3.26. The van der Waals surface area contributed by atoms with Gasteiger partial charge in [-0.1, -0.05) is 12.1 Å². The van der Waals surface area contributed by atoms with Crippen LogP contribution in [0.3, 0.4) is 0 Å². The van der Waals surface area contributed by atoms with Crippen molar-refractivity contribution in [2.24, 2.45) is 13.0 Å². The molecular formula is C16H21N3O. The molecule has 0 amide bonds. The van der Waals surface area contributed by atoms with E-state index in [1.165, 1.54) is 18.4 Å². The van der Waals surface area contributed by atoms with E-state index in [-0.39, 0.29) is 5.69 Å². The Morgan fingerprint density at radius 2 is 1.85 bits per heavy atom. The lowest BCUT2D eigenvalue weighted by atomic mass is 9.91. The molecule has 1 aromatic heterocycles. The summed E-state index contributed by atoms with van der Waals surface area (Å²) in [5.74, 6) is 0.793. The third-order valence-corrected chi connectivity index (χ3v) is 4.14. The molecule has 1 fully saturated rings. The topological polar surface area (TPSA) is 39.0 Å². The molecule has 0 atom stereocenters. The lowest BCUT2D eigenvalue weighted by Gasteiger charge is -2.22. The van der Waals surface area contributed by atoms with E-state index >= 15 is 0 Å². The first-order chi connectivity index (χ1) is 9.74. The minimum Gasteiger partial charge on any atom is -0.317 e. The van der Waals surface area contributed by atoms with E-state index in [0.29, 0.717) is 0 Å². The summed E-state index contributed by atoms with van der Waals surface area (Å²) in [7, 11) is 1.77. The zero-order valence-corrected chi connectivity index (χ0v) is 11.9. The van der Waals surface area contributed by atoms with Gasteiger partial charge in [0.2, 0.25) is 0 Å². The molecule has 0 aliphatic carbocycles. The van der Waals surface area contributed by atoms with Crippen molar-refractivity contribution in [3.05, 3.63) is 52.7 Å². The van der Waals surface area contributed by atoms with Crippen molar-refractivity contribution in [3.8, 4) is 5.69 Å². The minimum atomic E-state index is -0.00361. The van der Waals surface area contributed by atoms with Crippen LogP contribution in [0.2, 0.25) is 0 Å². The fourth-order valence-electron chi connectivity index (χ4n) is 2.87. The smallest absolute Gasteiger partial charge is 0.317 e. The van der Waals surface area contributed by atoms with Gasteiger partial charge in [0.05, 0.1) is 5.69 Å². The SMILES string of the molecule is Cn1ccn(-c2ccc(CC3CCNCC3)cc2)c1=O. The summed E-state index contributed by atoms with van der Waals surface area (Å²) >= 11 is 0. The van der Waals surface area contributed by atoms with Crippen LogP contribution in [0.5, 0.6) is 0 Å². The van der Waals surface area contributed by atoms with E-state index in [1.807, 2.05) is 18.3 Å². The molecule has 2 heterocycles. The number of nitrogens with one attached hydrogen (secondary N) is 1. The molecule has 4 heteroatoms. The Balaban J connectivity index is 1.74. The summed E-state index contributed by atoms with van der Waals surface area (Å²) in [5.41, 5.74) is 2.30. The summed E-state index contributed by atoms with van der Waals surface area (Å²) in [5, 5.41) is 3.40. The largest absolute Gasteiger partial charge is 0.332 e. The third kappa shape index (κ3) is 2.70. The molecular weight excluding hydrogens is 250 g/mol. The van der Waals surface area contributed by atoms with Crippen LogP contribution in [0.1, 0.15) is 18.4 Å². The lowest BCUT2D eigenvalue weighted by molar-refractivity contribution is 0.372. The molecule has 0 spiro atoms. The number of aromatic nitrogens is 2. The van der Waals surface area contributed by atoms with Gasteiger partial charge in [-0.3, -0.25) is 4.57 Å². The standard InChI is InChI=1S/C16H21N3O/c1-18-10-11-19(16(18)20)15-4-2-13(3-5-15)12-14-6-8-17-9-7-14/h2-5,10-11,14,17H,6-9,12H2,1H3. The second-order valence-corrected chi connectivity index (χ2v) is 5.63. The molecule has 1 aliphatic rings. The molecule has 4 nitrogen and oxygen atoms in total. The summed E-state index contributed by atoms with van der Waals surface area (Å²) in [4.78, 5) is 11.9. The highest BCUT2D eigenvalue weighted by atomic mass is 16.1. The first-order valence-corrected chi connectivity index (χ1v) is 7.28. The highest BCUT2D eigenvalue weighted by molar-refractivity contribution is 5.34. The van der Waals surface area contributed by atoms with Gasteiger partial charge in [-0.15, -0.1) is 0 Å². The Morgan fingerprint density at radius 3 is 2.45 bits per heavy atom. The van der Waals surface area contributed by atoms with Crippen LogP contribution in [-0.2, 0) is 13.5 Å². The average Bonchev–Trinajstić information content (AvgIpc) is 2.81. The number of imidazole rings is 1. The second-order valence-electron chi connectivity index (χ2n) is 5.63. The van der Waals surface area contributed by atoms with Crippen molar-refractivity contribution in [2.75, 3.05) is 13.1 Å². The van der Waals surface area contributed by atoms with Crippen LogP contribution < -0.4 is 11.0 Å². The Kier molecular flexibility index (Phi) is 3.74. The fraction of sp³-hybridized carbons (Fsp3) is 0.438. The number of piperidine rings is 1. The van der Waals surface area contributed by atoms with Gasteiger partial charge in [0, 0.05) is 19.4 Å². The van der Waals surface area contributed by atoms with Crippen LogP contribution in [-0.4, -0.2) is 22.2 Å². The number of benzene rings is 1. The molecule has 0 bridgehead atoms. The van der Waals surface area contributed by atoms with E-state index in [2.05, 4.69) is 17.4 Å². The third-order valence-electron chi connectivity index (χ3n) is 4.14. The van der Waals surface area contributed by atoms with E-state index in [0.717, 1.165) is 31.1 Å². The molecule has 0 unspecified atom stereocenters. The van der Waals surface area contributed by atoms with Gasteiger partial charge in [0.25, 0.3) is 0 Å². The number of aryl methyl sites for hydroxylation is 1. The van der Waals surface area contributed by atoms with Crippen LogP contribution in [0.25, 0.3) is 5.69 Å². The first kappa shape index (κ1) is 13.2. The molecule has 1 aliphatic heterocycles. The number of rotatable bonds is 3. The molecule has 0 radical (unpaired) electrons. The maximum absolute atomic E-state index is 11.9. The van der Waals surface area contributed by atoms with Crippen LogP contribution >= 0.6 is 0 Å². The van der Waals surface area contributed by atoms with Gasteiger partial charge in [0.1, 0.15) is 0 Å². The maximum Gasteiger partial charge on any atom is 0.332 e. The summed E-state index contributed by atoms with van der Waals surface area (Å²) in [6.07, 6.45) is 7.26. The van der Waals surface area contributed by atoms with Crippen molar-refractivity contribution in [1.82, 2.24) is 14.5 Å². The first-order valence-electron chi connectivity index (χ1n) is 7.28. The Labute approximate surface area is 119 Å². The van der Waals surface area contributed by atoms with E-state index in [9.17, 15) is 4.79 Å². The van der Waals surface area contributed by atoms with Gasteiger partial charge in [0.15, 0.2) is 0 Å². The highest BCUT2D eigenvalue weighted by Crippen LogP contribution is 2.18. The molecule has 3 rings (SSSR count). The molecule has 1 saturated heterocycles. The zero-order valence-electron chi connectivity index (χ0n) is 11.9. The molecule has 1 N–H and O–H groups in total. The number of hydrogen-bond acceptors (Lipinski definition) is 2. The predicted octanol–water partition coefficient (Wildman–Crippen LogP) is 1.72. The van der Waals surface area contributed by atoms with Crippen LogP contribution in [0, 0.1) is 5.92 Å². The molecule has 20 heavy (non-hydrogen) atoms. The van der Waals surface area contributed by atoms with Gasteiger partial charge in [-0.25, -0.2) is 4.79 Å². The molecule has 0 saturated carbocycles.